The summed E-state index contributed by atoms with van der Waals surface area (Å²) in [7, 11) is 0. The van der Waals surface area contributed by atoms with Crippen LogP contribution < -0.4 is 4.90 Å². The van der Waals surface area contributed by atoms with E-state index in [1.807, 2.05) is 0 Å². The Kier molecular flexibility index (Phi) is 5.57. The molecule has 0 unspecified atom stereocenters. The molecule has 2 heterocycles. The maximum absolute atomic E-state index is 6.54. The molecule has 0 aliphatic carbocycles. The average Bonchev–Trinajstić information content (AvgIpc) is 3.65. The van der Waals surface area contributed by atoms with Crippen LogP contribution in [0.15, 0.2) is 173 Å². The number of hydrogen-bond acceptors (Lipinski definition) is 3. The molecule has 0 amide bonds. The summed E-state index contributed by atoms with van der Waals surface area (Å²) < 4.78 is 12.9. The molecule has 0 spiro atoms. The molecule has 0 saturated carbocycles. The summed E-state index contributed by atoms with van der Waals surface area (Å²) >= 11 is 0. The molecular formula is C44H27NO2. The SMILES string of the molecule is c1ccc(-c2ccc(N(c3ccccc3)c3ccc4cc5c(cc4c3)oc3cc4c(cc35)oc3cc5ccccc5cc34)cc2)cc1. The molecule has 0 fully saturated rings. The van der Waals surface area contributed by atoms with Crippen molar-refractivity contribution in [2.45, 2.75) is 0 Å². The lowest BCUT2D eigenvalue weighted by Crippen LogP contribution is -2.09. The maximum atomic E-state index is 6.54. The Bertz CT molecular complexity index is 2770. The van der Waals surface area contributed by atoms with Gasteiger partial charge in [-0.25, -0.2) is 0 Å². The van der Waals surface area contributed by atoms with E-state index in [4.69, 9.17) is 8.83 Å². The van der Waals surface area contributed by atoms with Crippen LogP contribution in [0, 0.1) is 0 Å². The van der Waals surface area contributed by atoms with Crippen LogP contribution in [-0.4, -0.2) is 0 Å². The third-order valence-corrected chi connectivity index (χ3v) is 9.38. The molecule has 3 nitrogen and oxygen atoms in total. The number of rotatable bonds is 4. The van der Waals surface area contributed by atoms with Crippen molar-refractivity contribution in [2.24, 2.45) is 0 Å². The third-order valence-electron chi connectivity index (χ3n) is 9.38. The lowest BCUT2D eigenvalue weighted by Gasteiger charge is -2.26. The van der Waals surface area contributed by atoms with Gasteiger partial charge in [0.1, 0.15) is 22.3 Å². The van der Waals surface area contributed by atoms with Gasteiger partial charge < -0.3 is 13.7 Å². The second kappa shape index (κ2) is 10.1. The van der Waals surface area contributed by atoms with Gasteiger partial charge in [-0.05, 0) is 105 Å². The largest absolute Gasteiger partial charge is 0.456 e. The summed E-state index contributed by atoms with van der Waals surface area (Å²) in [4.78, 5) is 2.31. The molecule has 0 atom stereocenters. The minimum absolute atomic E-state index is 0.864. The monoisotopic (exact) mass is 601 g/mol. The molecule has 10 aromatic rings. The molecule has 0 saturated heterocycles. The second-order valence-electron chi connectivity index (χ2n) is 12.2. The van der Waals surface area contributed by atoms with E-state index in [9.17, 15) is 0 Å². The number of furan rings is 2. The minimum atomic E-state index is 0.864. The quantitative estimate of drug-likeness (QED) is 0.201. The summed E-state index contributed by atoms with van der Waals surface area (Å²) in [5.41, 5.74) is 9.19. The second-order valence-corrected chi connectivity index (χ2v) is 12.2. The van der Waals surface area contributed by atoms with Crippen LogP contribution in [0.1, 0.15) is 0 Å². The van der Waals surface area contributed by atoms with Gasteiger partial charge in [-0.3, -0.25) is 0 Å². The van der Waals surface area contributed by atoms with Crippen LogP contribution in [0.3, 0.4) is 0 Å². The molecule has 0 aliphatic rings. The summed E-state index contributed by atoms with van der Waals surface area (Å²) in [6, 6.07) is 57.9. The lowest BCUT2D eigenvalue weighted by molar-refractivity contribution is 0.664. The van der Waals surface area contributed by atoms with Gasteiger partial charge in [-0.15, -0.1) is 0 Å². The van der Waals surface area contributed by atoms with E-state index in [1.165, 1.54) is 21.9 Å². The summed E-state index contributed by atoms with van der Waals surface area (Å²) in [6.45, 7) is 0. The fraction of sp³-hybridized carbons (Fsp3) is 0. The van der Waals surface area contributed by atoms with Crippen LogP contribution in [0.25, 0.3) is 76.5 Å². The van der Waals surface area contributed by atoms with Crippen LogP contribution in [-0.2, 0) is 0 Å². The smallest absolute Gasteiger partial charge is 0.136 e. The number of nitrogens with zero attached hydrogens (tertiary/aromatic N) is 1. The average molecular weight is 602 g/mol. The van der Waals surface area contributed by atoms with Gasteiger partial charge in [0.05, 0.1) is 0 Å². The number of anilines is 3. The molecule has 0 bridgehead atoms. The molecule has 3 heteroatoms. The Morgan fingerprint density at radius 2 is 0.745 bits per heavy atom. The zero-order valence-electron chi connectivity index (χ0n) is 25.4. The van der Waals surface area contributed by atoms with Crippen molar-refractivity contribution >= 4 is 82.5 Å². The number of hydrogen-bond donors (Lipinski definition) is 0. The molecule has 10 rings (SSSR count). The molecule has 47 heavy (non-hydrogen) atoms. The van der Waals surface area contributed by atoms with Gasteiger partial charge in [0.15, 0.2) is 0 Å². The molecule has 0 aliphatic heterocycles. The Morgan fingerprint density at radius 1 is 0.298 bits per heavy atom. The van der Waals surface area contributed by atoms with E-state index >= 15 is 0 Å². The fourth-order valence-corrected chi connectivity index (χ4v) is 7.06. The first kappa shape index (κ1) is 26.0. The van der Waals surface area contributed by atoms with Gasteiger partial charge in [0.2, 0.25) is 0 Å². The van der Waals surface area contributed by atoms with Gasteiger partial charge in [-0.2, -0.15) is 0 Å². The van der Waals surface area contributed by atoms with Crippen molar-refractivity contribution in [2.75, 3.05) is 4.90 Å². The molecule has 220 valence electrons. The molecule has 2 aromatic heterocycles. The van der Waals surface area contributed by atoms with Crippen molar-refractivity contribution in [3.05, 3.63) is 164 Å². The zero-order valence-corrected chi connectivity index (χ0v) is 25.4. The molecule has 0 radical (unpaired) electrons. The van der Waals surface area contributed by atoms with E-state index in [0.29, 0.717) is 0 Å². The Hall–Kier alpha value is -6.32. The van der Waals surface area contributed by atoms with Crippen molar-refractivity contribution in [1.82, 2.24) is 0 Å². The number of benzene rings is 8. The van der Waals surface area contributed by atoms with Crippen molar-refractivity contribution in [3.63, 3.8) is 0 Å². The summed E-state index contributed by atoms with van der Waals surface area (Å²) in [6.07, 6.45) is 0. The van der Waals surface area contributed by atoms with E-state index in [2.05, 4.69) is 169 Å². The normalized spacial score (nSPS) is 11.8. The molecule has 0 N–H and O–H groups in total. The highest BCUT2D eigenvalue weighted by atomic mass is 16.3. The zero-order chi connectivity index (χ0) is 30.9. The third kappa shape index (κ3) is 4.21. The number of para-hydroxylation sites is 1. The summed E-state index contributed by atoms with van der Waals surface area (Å²) in [5.74, 6) is 0. The highest BCUT2D eigenvalue weighted by molar-refractivity contribution is 6.18. The first-order valence-corrected chi connectivity index (χ1v) is 15.9. The van der Waals surface area contributed by atoms with E-state index in [0.717, 1.165) is 71.7 Å². The maximum Gasteiger partial charge on any atom is 0.136 e. The fourth-order valence-electron chi connectivity index (χ4n) is 7.06. The number of fused-ring (bicyclic) bond motifs is 8. The topological polar surface area (TPSA) is 29.5 Å². The Balaban J connectivity index is 1.10. The van der Waals surface area contributed by atoms with Crippen molar-refractivity contribution in [3.8, 4) is 11.1 Å². The highest BCUT2D eigenvalue weighted by Crippen LogP contribution is 2.41. The summed E-state index contributed by atoms with van der Waals surface area (Å²) in [5, 5.41) is 8.98. The van der Waals surface area contributed by atoms with Gasteiger partial charge >= 0.3 is 0 Å². The molecular weight excluding hydrogens is 574 g/mol. The van der Waals surface area contributed by atoms with Gasteiger partial charge in [0.25, 0.3) is 0 Å². The van der Waals surface area contributed by atoms with E-state index in [1.54, 1.807) is 0 Å². The first-order chi connectivity index (χ1) is 23.2. The minimum Gasteiger partial charge on any atom is -0.456 e. The highest BCUT2D eigenvalue weighted by Gasteiger charge is 2.17. The van der Waals surface area contributed by atoms with Crippen LogP contribution >= 0.6 is 0 Å². The Labute approximate surface area is 270 Å². The Morgan fingerprint density at radius 3 is 1.40 bits per heavy atom. The predicted molar refractivity (Wildman–Crippen MR) is 196 cm³/mol. The van der Waals surface area contributed by atoms with Crippen molar-refractivity contribution < 1.29 is 8.83 Å². The van der Waals surface area contributed by atoms with E-state index in [-0.39, 0.29) is 0 Å². The van der Waals surface area contributed by atoms with E-state index < -0.39 is 0 Å². The lowest BCUT2D eigenvalue weighted by atomic mass is 10.0. The predicted octanol–water partition coefficient (Wildman–Crippen LogP) is 12.9. The van der Waals surface area contributed by atoms with Crippen LogP contribution in [0.4, 0.5) is 17.1 Å². The van der Waals surface area contributed by atoms with Gasteiger partial charge in [0, 0.05) is 38.6 Å². The van der Waals surface area contributed by atoms with Gasteiger partial charge in [-0.1, -0.05) is 91.0 Å². The van der Waals surface area contributed by atoms with Crippen LogP contribution in [0.5, 0.6) is 0 Å². The first-order valence-electron chi connectivity index (χ1n) is 15.9. The molecule has 8 aromatic carbocycles. The van der Waals surface area contributed by atoms with Crippen LogP contribution in [0.2, 0.25) is 0 Å². The standard InChI is InChI=1S/C44H27NO2/c1-3-9-28(10-4-1)29-15-18-35(19-16-29)45(34-13-5-2-6-14-34)36-20-17-32-23-38-40-27-43-39(26-44(40)47-42(38)25-33(32)21-36)37-22-30-11-7-8-12-31(30)24-41(37)46-43/h1-27H. The van der Waals surface area contributed by atoms with Crippen molar-refractivity contribution in [1.29, 1.82) is 0 Å².